The first kappa shape index (κ1) is 21.0. The van der Waals surface area contributed by atoms with Crippen LogP contribution in [0.5, 0.6) is 0 Å². The Morgan fingerprint density at radius 1 is 1.29 bits per heavy atom. The molecule has 1 aromatic carbocycles. The molecule has 1 aromatic heterocycles. The normalized spacial score (nSPS) is 13.0. The van der Waals surface area contributed by atoms with E-state index < -0.39 is 23.8 Å². The molecule has 0 aliphatic rings. The Hall–Kier alpha value is -3.33. The van der Waals surface area contributed by atoms with Crippen molar-refractivity contribution in [2.45, 2.75) is 19.3 Å². The van der Waals surface area contributed by atoms with Crippen molar-refractivity contribution in [3.63, 3.8) is 0 Å². The van der Waals surface area contributed by atoms with Gasteiger partial charge in [-0.1, -0.05) is 18.7 Å². The van der Waals surface area contributed by atoms with Crippen molar-refractivity contribution in [1.82, 2.24) is 4.98 Å². The van der Waals surface area contributed by atoms with E-state index in [0.717, 1.165) is 18.2 Å². The highest BCUT2D eigenvalue weighted by Crippen LogP contribution is 2.34. The maximum absolute atomic E-state index is 13.3. The lowest BCUT2D eigenvalue weighted by atomic mass is 10.1. The third-order valence-corrected chi connectivity index (χ3v) is 3.52. The van der Waals surface area contributed by atoms with Crippen LogP contribution >= 0.6 is 0 Å². The van der Waals surface area contributed by atoms with Gasteiger partial charge in [-0.15, -0.1) is 0 Å². The van der Waals surface area contributed by atoms with E-state index in [2.05, 4.69) is 22.2 Å². The highest BCUT2D eigenvalue weighted by Gasteiger charge is 2.32. The number of aromatic nitrogens is 1. The largest absolute Gasteiger partial charge is 0.416 e. The fraction of sp³-hybridized carbons (Fsp3) is 0.158. The molecule has 0 bridgehead atoms. The Bertz CT molecular complexity index is 905. The van der Waals surface area contributed by atoms with E-state index in [0.29, 0.717) is 16.9 Å². The lowest BCUT2D eigenvalue weighted by Gasteiger charge is -2.16. The first-order valence-electron chi connectivity index (χ1n) is 8.17. The minimum absolute atomic E-state index is 0.0599. The second-order valence-electron chi connectivity index (χ2n) is 5.98. The smallest absolute Gasteiger partial charge is 0.402 e. The second-order valence-corrected chi connectivity index (χ2v) is 5.98. The first-order valence-corrected chi connectivity index (χ1v) is 8.17. The summed E-state index contributed by atoms with van der Waals surface area (Å²) < 4.78 is 40.0. The van der Waals surface area contributed by atoms with Crippen molar-refractivity contribution in [2.75, 3.05) is 10.6 Å². The molecule has 6 N–H and O–H groups in total. The molecular formula is C19H20F3N5O. The van der Waals surface area contributed by atoms with Crippen molar-refractivity contribution in [3.05, 3.63) is 66.4 Å². The number of nitrogens with two attached hydrogens (primary N) is 2. The molecule has 0 aliphatic heterocycles. The zero-order chi connectivity index (χ0) is 20.9. The number of benzene rings is 1. The molecule has 1 amide bonds. The third kappa shape index (κ3) is 5.85. The number of hydrogen-bond acceptors (Lipinski definition) is 5. The average molecular weight is 391 g/mol. The number of amides is 1. The van der Waals surface area contributed by atoms with Gasteiger partial charge in [-0.25, -0.2) is 4.98 Å². The lowest BCUT2D eigenvalue weighted by Crippen LogP contribution is -2.28. The number of pyridine rings is 1. The number of halogens is 3. The minimum Gasteiger partial charge on any atom is -0.402 e. The number of anilines is 2. The Labute approximate surface area is 160 Å². The number of carbonyl (C=O) groups excluding carboxylic acids is 1. The van der Waals surface area contributed by atoms with Crippen molar-refractivity contribution < 1.29 is 18.0 Å². The topological polar surface area (TPSA) is 106 Å². The molecule has 28 heavy (non-hydrogen) atoms. The summed E-state index contributed by atoms with van der Waals surface area (Å²) >= 11 is 0. The number of allylic oxidation sites excluding steroid dienone is 1. The molecule has 6 nitrogen and oxygen atoms in total. The Morgan fingerprint density at radius 3 is 2.61 bits per heavy atom. The monoisotopic (exact) mass is 391 g/mol. The summed E-state index contributed by atoms with van der Waals surface area (Å²) in [7, 11) is 0. The summed E-state index contributed by atoms with van der Waals surface area (Å²) in [5.74, 6) is -0.498. The molecule has 0 fully saturated rings. The molecule has 0 spiro atoms. The van der Waals surface area contributed by atoms with Crippen LogP contribution < -0.4 is 22.1 Å². The van der Waals surface area contributed by atoms with Crippen LogP contribution in [-0.4, -0.2) is 17.1 Å². The summed E-state index contributed by atoms with van der Waals surface area (Å²) in [5, 5.41) is 5.23. The molecule has 0 saturated heterocycles. The zero-order valence-electron chi connectivity index (χ0n) is 15.0. The van der Waals surface area contributed by atoms with Gasteiger partial charge in [-0.3, -0.25) is 4.79 Å². The SMILES string of the molecule is C=CC(=O)Nc1cccc(-c2cc(C(F)(F)F)cc(NC(N)/C=C(/C)N)n2)c1. The average Bonchev–Trinajstić information content (AvgIpc) is 2.60. The van der Waals surface area contributed by atoms with E-state index in [9.17, 15) is 18.0 Å². The number of hydrogen-bond donors (Lipinski definition) is 4. The first-order chi connectivity index (χ1) is 13.1. The quantitative estimate of drug-likeness (QED) is 0.446. The van der Waals surface area contributed by atoms with Crippen molar-refractivity contribution >= 4 is 17.4 Å². The fourth-order valence-corrected chi connectivity index (χ4v) is 2.36. The molecule has 148 valence electrons. The van der Waals surface area contributed by atoms with Gasteiger partial charge < -0.3 is 22.1 Å². The summed E-state index contributed by atoms with van der Waals surface area (Å²) in [5.41, 5.74) is 11.7. The molecule has 0 saturated carbocycles. The molecular weight excluding hydrogens is 371 g/mol. The number of nitrogens with zero attached hydrogens (tertiary/aromatic N) is 1. The lowest BCUT2D eigenvalue weighted by molar-refractivity contribution is -0.137. The van der Waals surface area contributed by atoms with Crippen molar-refractivity contribution in [1.29, 1.82) is 0 Å². The zero-order valence-corrected chi connectivity index (χ0v) is 15.0. The van der Waals surface area contributed by atoms with Crippen LogP contribution in [0.1, 0.15) is 12.5 Å². The van der Waals surface area contributed by atoms with E-state index in [1.54, 1.807) is 25.1 Å². The van der Waals surface area contributed by atoms with Crippen LogP contribution in [0.3, 0.4) is 0 Å². The van der Waals surface area contributed by atoms with Gasteiger partial charge in [-0.2, -0.15) is 13.2 Å². The highest BCUT2D eigenvalue weighted by molar-refractivity contribution is 5.99. The van der Waals surface area contributed by atoms with E-state index >= 15 is 0 Å². The van der Waals surface area contributed by atoms with Crippen LogP contribution in [0.2, 0.25) is 0 Å². The van der Waals surface area contributed by atoms with Crippen LogP contribution in [0.15, 0.2) is 60.8 Å². The summed E-state index contributed by atoms with van der Waals surface area (Å²) in [6.45, 7) is 4.96. The van der Waals surface area contributed by atoms with Crippen LogP contribution in [0.25, 0.3) is 11.3 Å². The summed E-state index contributed by atoms with van der Waals surface area (Å²) in [6, 6.07) is 8.08. The molecule has 1 unspecified atom stereocenters. The van der Waals surface area contributed by atoms with Gasteiger partial charge in [0, 0.05) is 16.9 Å². The maximum Gasteiger partial charge on any atom is 0.416 e. The van der Waals surface area contributed by atoms with Crippen molar-refractivity contribution in [2.24, 2.45) is 11.5 Å². The molecule has 2 aromatic rings. The Kier molecular flexibility index (Phi) is 6.42. The van der Waals surface area contributed by atoms with Crippen LogP contribution in [0, 0.1) is 0 Å². The molecule has 9 heteroatoms. The highest BCUT2D eigenvalue weighted by atomic mass is 19.4. The molecule has 1 heterocycles. The second kappa shape index (κ2) is 8.57. The summed E-state index contributed by atoms with van der Waals surface area (Å²) in [4.78, 5) is 15.7. The van der Waals surface area contributed by atoms with Gasteiger partial charge in [0.2, 0.25) is 5.91 Å². The number of nitrogens with one attached hydrogen (secondary N) is 2. The number of rotatable bonds is 6. The van der Waals surface area contributed by atoms with Gasteiger partial charge in [0.05, 0.1) is 17.4 Å². The van der Waals surface area contributed by atoms with E-state index in [1.165, 1.54) is 12.1 Å². The minimum atomic E-state index is -4.58. The third-order valence-electron chi connectivity index (χ3n) is 3.52. The fourth-order valence-electron chi connectivity index (χ4n) is 2.36. The van der Waals surface area contributed by atoms with Crippen LogP contribution in [0.4, 0.5) is 24.7 Å². The standard InChI is InChI=1S/C19H20F3N5O/c1-3-18(28)25-14-6-4-5-12(8-14)15-9-13(19(20,21)22)10-17(26-15)27-16(24)7-11(2)23/h3-10,16H,1,23-24H2,2H3,(H,25,28)(H,26,27)/b11-7-. The predicted octanol–water partition coefficient (Wildman–Crippen LogP) is 3.45. The van der Waals surface area contributed by atoms with Crippen molar-refractivity contribution in [3.8, 4) is 11.3 Å². The van der Waals surface area contributed by atoms with E-state index in [-0.39, 0.29) is 11.5 Å². The predicted molar refractivity (Wildman–Crippen MR) is 103 cm³/mol. The van der Waals surface area contributed by atoms with Gasteiger partial charge >= 0.3 is 6.18 Å². The van der Waals surface area contributed by atoms with Gasteiger partial charge in [0.1, 0.15) is 5.82 Å². The molecule has 1 atom stereocenters. The Morgan fingerprint density at radius 2 is 2.00 bits per heavy atom. The summed E-state index contributed by atoms with van der Waals surface area (Å²) in [6.07, 6.45) is -2.85. The van der Waals surface area contributed by atoms with E-state index in [4.69, 9.17) is 11.5 Å². The maximum atomic E-state index is 13.3. The van der Waals surface area contributed by atoms with Crippen LogP contribution in [-0.2, 0) is 11.0 Å². The van der Waals surface area contributed by atoms with Gasteiger partial charge in [-0.05, 0) is 43.3 Å². The van der Waals surface area contributed by atoms with E-state index in [1.807, 2.05) is 0 Å². The molecule has 0 aliphatic carbocycles. The number of alkyl halides is 3. The van der Waals surface area contributed by atoms with Gasteiger partial charge in [0.25, 0.3) is 0 Å². The number of carbonyl (C=O) groups is 1. The molecule has 2 rings (SSSR count). The van der Waals surface area contributed by atoms with Gasteiger partial charge in [0.15, 0.2) is 0 Å². The molecule has 0 radical (unpaired) electrons. The Balaban J connectivity index is 2.47.